The van der Waals surface area contributed by atoms with Crippen molar-refractivity contribution in [3.63, 3.8) is 0 Å². The lowest BCUT2D eigenvalue weighted by Gasteiger charge is -2.35. The number of piperidine rings is 1. The van der Waals surface area contributed by atoms with E-state index < -0.39 is 5.97 Å². The third-order valence-corrected chi connectivity index (χ3v) is 4.06. The van der Waals surface area contributed by atoms with Gasteiger partial charge in [0.05, 0.1) is 6.10 Å². The molecule has 1 unspecified atom stereocenters. The zero-order chi connectivity index (χ0) is 14.9. The molecule has 0 bridgehead atoms. The number of carbonyl (C=O) groups is 1. The van der Waals surface area contributed by atoms with E-state index >= 15 is 0 Å². The van der Waals surface area contributed by atoms with Crippen molar-refractivity contribution in [2.75, 3.05) is 18.0 Å². The van der Waals surface area contributed by atoms with E-state index in [0.717, 1.165) is 37.2 Å². The van der Waals surface area contributed by atoms with Crippen LogP contribution in [0, 0.1) is 19.8 Å². The molecule has 0 spiro atoms. The number of aryl methyl sites for hydroxylation is 2. The predicted molar refractivity (Wildman–Crippen MR) is 77.3 cm³/mol. The van der Waals surface area contributed by atoms with E-state index in [1.54, 1.807) is 6.07 Å². The summed E-state index contributed by atoms with van der Waals surface area (Å²) in [6.45, 7) is 6.99. The zero-order valence-electron chi connectivity index (χ0n) is 12.3. The van der Waals surface area contributed by atoms with Gasteiger partial charge in [0, 0.05) is 18.8 Å². The standard InChI is InChI=1S/C15H22N2O3/c1-9-8-10(2)16-14(13(9)15(19)20)17-6-4-12(5-7-17)11(3)18/h8,11-12,18H,4-7H2,1-3H3,(H,19,20). The molecule has 0 aliphatic carbocycles. The Labute approximate surface area is 119 Å². The van der Waals surface area contributed by atoms with Gasteiger partial charge < -0.3 is 15.1 Å². The molecule has 0 amide bonds. The second kappa shape index (κ2) is 5.79. The van der Waals surface area contributed by atoms with Crippen LogP contribution >= 0.6 is 0 Å². The third kappa shape index (κ3) is 2.93. The lowest BCUT2D eigenvalue weighted by atomic mass is 9.92. The minimum atomic E-state index is -0.928. The van der Waals surface area contributed by atoms with E-state index in [2.05, 4.69) is 4.98 Å². The molecule has 2 heterocycles. The average Bonchev–Trinajstić information content (AvgIpc) is 2.37. The van der Waals surface area contributed by atoms with Crippen molar-refractivity contribution in [3.05, 3.63) is 22.9 Å². The maximum absolute atomic E-state index is 11.5. The molecule has 1 atom stereocenters. The van der Waals surface area contributed by atoms with E-state index in [9.17, 15) is 15.0 Å². The van der Waals surface area contributed by atoms with Crippen molar-refractivity contribution in [1.82, 2.24) is 4.98 Å². The normalized spacial score (nSPS) is 18.1. The van der Waals surface area contributed by atoms with Crippen molar-refractivity contribution in [1.29, 1.82) is 0 Å². The van der Waals surface area contributed by atoms with Crippen LogP contribution in [0.5, 0.6) is 0 Å². The monoisotopic (exact) mass is 278 g/mol. The number of pyridine rings is 1. The van der Waals surface area contributed by atoms with Gasteiger partial charge in [-0.2, -0.15) is 0 Å². The highest BCUT2D eigenvalue weighted by atomic mass is 16.4. The first-order valence-electron chi connectivity index (χ1n) is 7.04. The Morgan fingerprint density at radius 1 is 1.40 bits per heavy atom. The van der Waals surface area contributed by atoms with Crippen molar-refractivity contribution in [2.24, 2.45) is 5.92 Å². The number of aromatic nitrogens is 1. The van der Waals surface area contributed by atoms with Gasteiger partial charge in [0.15, 0.2) is 0 Å². The quantitative estimate of drug-likeness (QED) is 0.884. The van der Waals surface area contributed by atoms with Gasteiger partial charge in [-0.05, 0) is 51.2 Å². The lowest BCUT2D eigenvalue weighted by molar-refractivity contribution is 0.0695. The van der Waals surface area contributed by atoms with Crippen LogP contribution in [0.1, 0.15) is 41.4 Å². The van der Waals surface area contributed by atoms with Crippen molar-refractivity contribution in [3.8, 4) is 0 Å². The first kappa shape index (κ1) is 14.8. The van der Waals surface area contributed by atoms with Crippen LogP contribution in [0.3, 0.4) is 0 Å². The molecule has 1 aromatic heterocycles. The molecule has 1 saturated heterocycles. The second-order valence-electron chi connectivity index (χ2n) is 5.65. The Bertz CT molecular complexity index is 506. The minimum Gasteiger partial charge on any atom is -0.478 e. The van der Waals surface area contributed by atoms with Crippen molar-refractivity contribution in [2.45, 2.75) is 39.7 Å². The number of anilines is 1. The molecule has 5 heteroatoms. The molecule has 2 rings (SSSR count). The van der Waals surface area contributed by atoms with E-state index in [0.29, 0.717) is 17.3 Å². The summed E-state index contributed by atoms with van der Waals surface area (Å²) >= 11 is 0. The van der Waals surface area contributed by atoms with Crippen LogP contribution in [0.15, 0.2) is 6.07 Å². The van der Waals surface area contributed by atoms with Crippen LogP contribution in [-0.2, 0) is 0 Å². The first-order valence-corrected chi connectivity index (χ1v) is 7.04. The number of aromatic carboxylic acids is 1. The number of carboxylic acids is 1. The van der Waals surface area contributed by atoms with Gasteiger partial charge in [0.25, 0.3) is 0 Å². The fraction of sp³-hybridized carbons (Fsp3) is 0.600. The van der Waals surface area contributed by atoms with Gasteiger partial charge in [0.2, 0.25) is 0 Å². The number of carboxylic acid groups (broad SMARTS) is 1. The highest BCUT2D eigenvalue weighted by Crippen LogP contribution is 2.28. The van der Waals surface area contributed by atoms with Gasteiger partial charge >= 0.3 is 5.97 Å². The van der Waals surface area contributed by atoms with Crippen LogP contribution in [0.4, 0.5) is 5.82 Å². The summed E-state index contributed by atoms with van der Waals surface area (Å²) in [5.41, 5.74) is 1.88. The molecule has 20 heavy (non-hydrogen) atoms. The summed E-state index contributed by atoms with van der Waals surface area (Å²) in [7, 11) is 0. The van der Waals surface area contributed by atoms with Gasteiger partial charge in [-0.25, -0.2) is 9.78 Å². The number of aliphatic hydroxyl groups is 1. The Balaban J connectivity index is 2.27. The molecule has 1 aliphatic rings. The highest BCUT2D eigenvalue weighted by Gasteiger charge is 2.27. The maximum atomic E-state index is 11.5. The second-order valence-corrected chi connectivity index (χ2v) is 5.65. The molecule has 2 N–H and O–H groups in total. The van der Waals surface area contributed by atoms with E-state index in [1.165, 1.54) is 0 Å². The summed E-state index contributed by atoms with van der Waals surface area (Å²) in [6.07, 6.45) is 1.43. The SMILES string of the molecule is Cc1cc(C)c(C(=O)O)c(N2CCC(C(C)O)CC2)n1. The Morgan fingerprint density at radius 3 is 2.50 bits per heavy atom. The number of aliphatic hydroxyl groups excluding tert-OH is 1. The predicted octanol–water partition coefficient (Wildman–Crippen LogP) is 1.99. The molecular weight excluding hydrogens is 256 g/mol. The fourth-order valence-electron chi connectivity index (χ4n) is 2.90. The van der Waals surface area contributed by atoms with E-state index in [4.69, 9.17) is 0 Å². The van der Waals surface area contributed by atoms with Gasteiger partial charge in [-0.15, -0.1) is 0 Å². The number of rotatable bonds is 3. The van der Waals surface area contributed by atoms with Crippen molar-refractivity contribution >= 4 is 11.8 Å². The molecule has 1 aliphatic heterocycles. The summed E-state index contributed by atoms with van der Waals surface area (Å²) in [5, 5.41) is 19.0. The van der Waals surface area contributed by atoms with E-state index in [1.807, 2.05) is 25.7 Å². The lowest BCUT2D eigenvalue weighted by Crippen LogP contribution is -2.38. The van der Waals surface area contributed by atoms with Crippen LogP contribution < -0.4 is 4.90 Å². The van der Waals surface area contributed by atoms with E-state index in [-0.39, 0.29) is 6.10 Å². The number of hydrogen-bond acceptors (Lipinski definition) is 4. The fourth-order valence-corrected chi connectivity index (χ4v) is 2.90. The van der Waals surface area contributed by atoms with Gasteiger partial charge in [-0.1, -0.05) is 0 Å². The molecule has 1 fully saturated rings. The molecule has 0 aromatic carbocycles. The largest absolute Gasteiger partial charge is 0.478 e. The highest BCUT2D eigenvalue weighted by molar-refractivity contribution is 5.95. The summed E-state index contributed by atoms with van der Waals surface area (Å²) in [4.78, 5) is 17.9. The van der Waals surface area contributed by atoms with Crippen LogP contribution in [-0.4, -0.2) is 40.4 Å². The summed E-state index contributed by atoms with van der Waals surface area (Å²) in [6, 6.07) is 1.80. The van der Waals surface area contributed by atoms with Crippen LogP contribution in [0.2, 0.25) is 0 Å². The smallest absolute Gasteiger partial charge is 0.339 e. The van der Waals surface area contributed by atoms with Gasteiger partial charge in [0.1, 0.15) is 11.4 Å². The van der Waals surface area contributed by atoms with Crippen LogP contribution in [0.25, 0.3) is 0 Å². The first-order chi connectivity index (χ1) is 9.40. The topological polar surface area (TPSA) is 73.7 Å². The molecule has 1 aromatic rings. The summed E-state index contributed by atoms with van der Waals surface area (Å²) in [5.74, 6) is -0.0628. The number of nitrogens with zero attached hydrogens (tertiary/aromatic N) is 2. The molecule has 0 radical (unpaired) electrons. The van der Waals surface area contributed by atoms with Gasteiger partial charge in [-0.3, -0.25) is 0 Å². The Kier molecular flexibility index (Phi) is 4.28. The zero-order valence-corrected chi connectivity index (χ0v) is 12.3. The maximum Gasteiger partial charge on any atom is 0.339 e. The molecule has 110 valence electrons. The average molecular weight is 278 g/mol. The molecule has 0 saturated carbocycles. The number of hydrogen-bond donors (Lipinski definition) is 2. The van der Waals surface area contributed by atoms with Crippen molar-refractivity contribution < 1.29 is 15.0 Å². The Morgan fingerprint density at radius 2 is 2.00 bits per heavy atom. The molecule has 5 nitrogen and oxygen atoms in total. The Hall–Kier alpha value is -1.62. The third-order valence-electron chi connectivity index (χ3n) is 4.06. The molecular formula is C15H22N2O3. The minimum absolute atomic E-state index is 0.297. The summed E-state index contributed by atoms with van der Waals surface area (Å²) < 4.78 is 0.